The SMILES string of the molecule is COC1=CCC(OC)=CC(N(CC#Cc2ncccc2OC)c2ccc3ncc(-c4cnn(C)c4)nc3n2)=C1. The van der Waals surface area contributed by atoms with Crippen molar-refractivity contribution in [2.24, 2.45) is 7.05 Å². The van der Waals surface area contributed by atoms with Crippen molar-refractivity contribution in [3.05, 3.63) is 90.2 Å². The molecule has 4 aromatic rings. The molecule has 10 heteroatoms. The maximum absolute atomic E-state index is 5.60. The molecule has 10 nitrogen and oxygen atoms in total. The third-order valence-corrected chi connectivity index (χ3v) is 6.02. The van der Waals surface area contributed by atoms with Crippen LogP contribution < -0.4 is 9.64 Å². The number of rotatable bonds is 7. The van der Waals surface area contributed by atoms with Crippen molar-refractivity contribution in [1.29, 1.82) is 0 Å². The van der Waals surface area contributed by atoms with Gasteiger partial charge in [0.15, 0.2) is 17.1 Å². The summed E-state index contributed by atoms with van der Waals surface area (Å²) < 4.78 is 18.3. The molecule has 0 unspecified atom stereocenters. The fourth-order valence-electron chi connectivity index (χ4n) is 4.00. The third kappa shape index (κ3) is 5.72. The number of pyridine rings is 2. The number of fused-ring (bicyclic) bond motifs is 1. The second-order valence-corrected chi connectivity index (χ2v) is 8.51. The summed E-state index contributed by atoms with van der Waals surface area (Å²) >= 11 is 0. The Hall–Kier alpha value is -5.17. The Labute approximate surface area is 226 Å². The van der Waals surface area contributed by atoms with Crippen LogP contribution in [-0.4, -0.2) is 57.6 Å². The minimum Gasteiger partial charge on any atom is -0.501 e. The van der Waals surface area contributed by atoms with Crippen LogP contribution in [0.25, 0.3) is 22.4 Å². The number of ether oxygens (including phenoxy) is 3. The molecule has 0 saturated heterocycles. The molecule has 0 atom stereocenters. The van der Waals surface area contributed by atoms with E-state index in [2.05, 4.69) is 26.9 Å². The highest BCUT2D eigenvalue weighted by Crippen LogP contribution is 2.26. The lowest BCUT2D eigenvalue weighted by Crippen LogP contribution is -2.23. The van der Waals surface area contributed by atoms with Gasteiger partial charge in [0, 0.05) is 43.6 Å². The Kier molecular flexibility index (Phi) is 7.50. The molecule has 0 aromatic carbocycles. The Morgan fingerprint density at radius 1 is 1.00 bits per heavy atom. The van der Waals surface area contributed by atoms with Crippen molar-refractivity contribution in [1.82, 2.24) is 29.7 Å². The summed E-state index contributed by atoms with van der Waals surface area (Å²) in [5.41, 5.74) is 4.08. The van der Waals surface area contributed by atoms with Crippen molar-refractivity contribution in [2.75, 3.05) is 32.8 Å². The minimum absolute atomic E-state index is 0.296. The van der Waals surface area contributed by atoms with Gasteiger partial charge in [0.05, 0.1) is 51.7 Å². The van der Waals surface area contributed by atoms with Crippen molar-refractivity contribution in [3.63, 3.8) is 0 Å². The average Bonchev–Trinajstić information content (AvgIpc) is 3.30. The summed E-state index contributed by atoms with van der Waals surface area (Å²) in [7, 11) is 6.74. The van der Waals surface area contributed by atoms with Crippen LogP contribution in [0.1, 0.15) is 12.1 Å². The summed E-state index contributed by atoms with van der Waals surface area (Å²) in [6, 6.07) is 7.43. The van der Waals surface area contributed by atoms with E-state index in [4.69, 9.17) is 24.2 Å². The number of aromatic nitrogens is 6. The fraction of sp³-hybridized carbons (Fsp3) is 0.207. The van der Waals surface area contributed by atoms with Gasteiger partial charge in [0.2, 0.25) is 0 Å². The molecule has 0 radical (unpaired) electrons. The monoisotopic (exact) mass is 521 g/mol. The summed E-state index contributed by atoms with van der Waals surface area (Å²) in [5, 5.41) is 4.24. The van der Waals surface area contributed by atoms with Crippen LogP contribution in [-0.2, 0) is 16.5 Å². The molecule has 0 bridgehead atoms. The fourth-order valence-corrected chi connectivity index (χ4v) is 4.00. The number of anilines is 1. The first-order valence-electron chi connectivity index (χ1n) is 12.2. The molecule has 39 heavy (non-hydrogen) atoms. The minimum atomic E-state index is 0.296. The zero-order chi connectivity index (χ0) is 27.2. The maximum atomic E-state index is 5.60. The standard InChI is InChI=1S/C29H27N7O3/c1-35-19-20(17-32-35)26-18-31-25-11-12-28(34-29(25)33-26)36(14-6-7-24-27(39-4)8-5-13-30-24)21-15-22(37-2)9-10-23(16-21)38-3/h5,8-9,11-13,15-19H,10,14H2,1-4H3. The second-order valence-electron chi connectivity index (χ2n) is 8.51. The molecule has 4 heterocycles. The quantitative estimate of drug-likeness (QED) is 0.334. The predicted molar refractivity (Wildman–Crippen MR) is 147 cm³/mol. The summed E-state index contributed by atoms with van der Waals surface area (Å²) in [4.78, 5) is 20.5. The van der Waals surface area contributed by atoms with Gasteiger partial charge in [-0.05, 0) is 36.3 Å². The van der Waals surface area contributed by atoms with E-state index in [1.165, 1.54) is 0 Å². The normalized spacial score (nSPS) is 12.9. The van der Waals surface area contributed by atoms with Gasteiger partial charge < -0.3 is 19.1 Å². The second kappa shape index (κ2) is 11.5. The zero-order valence-electron chi connectivity index (χ0n) is 22.1. The first kappa shape index (κ1) is 25.5. The molecule has 0 saturated carbocycles. The van der Waals surface area contributed by atoms with Gasteiger partial charge in [0.1, 0.15) is 22.9 Å². The van der Waals surface area contributed by atoms with Crippen molar-refractivity contribution in [2.45, 2.75) is 6.42 Å². The molecule has 1 aliphatic rings. The molecular weight excluding hydrogens is 494 g/mol. The number of hydrogen-bond donors (Lipinski definition) is 0. The van der Waals surface area contributed by atoms with Crippen LogP contribution in [0, 0.1) is 11.8 Å². The Bertz CT molecular complexity index is 1660. The molecule has 0 N–H and O–H groups in total. The molecule has 5 rings (SSSR count). The van der Waals surface area contributed by atoms with E-state index in [0.29, 0.717) is 52.8 Å². The molecule has 196 valence electrons. The van der Waals surface area contributed by atoms with Crippen molar-refractivity contribution in [3.8, 4) is 28.8 Å². The van der Waals surface area contributed by atoms with E-state index in [0.717, 1.165) is 17.0 Å². The van der Waals surface area contributed by atoms with E-state index < -0.39 is 0 Å². The third-order valence-electron chi connectivity index (χ3n) is 6.02. The van der Waals surface area contributed by atoms with Crippen LogP contribution in [0.4, 0.5) is 5.82 Å². The van der Waals surface area contributed by atoms with Crippen molar-refractivity contribution >= 4 is 17.0 Å². The van der Waals surface area contributed by atoms with Gasteiger partial charge in [-0.1, -0.05) is 5.92 Å². The summed E-state index contributed by atoms with van der Waals surface area (Å²) in [6.07, 6.45) is 13.5. The largest absolute Gasteiger partial charge is 0.501 e. The topological polar surface area (TPSA) is 100 Å². The van der Waals surface area contributed by atoms with E-state index in [1.54, 1.807) is 44.6 Å². The molecule has 0 fully saturated rings. The molecule has 0 aliphatic heterocycles. The molecular formula is C29H27N7O3. The van der Waals surface area contributed by atoms with Gasteiger partial charge in [-0.2, -0.15) is 5.10 Å². The van der Waals surface area contributed by atoms with E-state index in [-0.39, 0.29) is 0 Å². The van der Waals surface area contributed by atoms with Gasteiger partial charge in [-0.25, -0.2) is 15.0 Å². The highest BCUT2D eigenvalue weighted by Gasteiger charge is 2.17. The highest BCUT2D eigenvalue weighted by molar-refractivity contribution is 5.76. The smallest absolute Gasteiger partial charge is 0.180 e. The number of allylic oxidation sites excluding steroid dienone is 3. The summed E-state index contributed by atoms with van der Waals surface area (Å²) in [5.74, 6) is 9.07. The van der Waals surface area contributed by atoms with Crippen LogP contribution in [0.5, 0.6) is 5.75 Å². The lowest BCUT2D eigenvalue weighted by Gasteiger charge is -2.23. The van der Waals surface area contributed by atoms with E-state index >= 15 is 0 Å². The number of aryl methyl sites for hydroxylation is 1. The van der Waals surface area contributed by atoms with Crippen LogP contribution in [0.15, 0.2) is 84.5 Å². The first-order chi connectivity index (χ1) is 19.1. The average molecular weight is 522 g/mol. The van der Waals surface area contributed by atoms with Crippen LogP contribution in [0.2, 0.25) is 0 Å². The lowest BCUT2D eigenvalue weighted by molar-refractivity contribution is 0.280. The van der Waals surface area contributed by atoms with Gasteiger partial charge >= 0.3 is 0 Å². The Morgan fingerprint density at radius 3 is 2.67 bits per heavy atom. The first-order valence-corrected chi connectivity index (χ1v) is 12.2. The summed E-state index contributed by atoms with van der Waals surface area (Å²) in [6.45, 7) is 0.296. The van der Waals surface area contributed by atoms with E-state index in [9.17, 15) is 0 Å². The van der Waals surface area contributed by atoms with Gasteiger partial charge in [-0.15, -0.1) is 0 Å². The van der Waals surface area contributed by atoms with Gasteiger partial charge in [0.25, 0.3) is 0 Å². The van der Waals surface area contributed by atoms with Crippen LogP contribution in [0.3, 0.4) is 0 Å². The Morgan fingerprint density at radius 2 is 1.90 bits per heavy atom. The van der Waals surface area contributed by atoms with E-state index in [1.807, 2.05) is 60.6 Å². The van der Waals surface area contributed by atoms with Gasteiger partial charge in [-0.3, -0.25) is 9.67 Å². The molecule has 1 aliphatic carbocycles. The molecule has 4 aromatic heterocycles. The number of methoxy groups -OCH3 is 3. The number of hydrogen-bond acceptors (Lipinski definition) is 9. The molecule has 0 amide bonds. The Balaban J connectivity index is 1.59. The predicted octanol–water partition coefficient (Wildman–Crippen LogP) is 4.04. The molecule has 0 spiro atoms. The maximum Gasteiger partial charge on any atom is 0.180 e. The lowest BCUT2D eigenvalue weighted by atomic mass is 10.2. The highest BCUT2D eigenvalue weighted by atomic mass is 16.5. The van der Waals surface area contributed by atoms with Crippen LogP contribution >= 0.6 is 0 Å². The number of nitrogens with zero attached hydrogens (tertiary/aromatic N) is 7. The van der Waals surface area contributed by atoms with Crippen molar-refractivity contribution < 1.29 is 14.2 Å². The zero-order valence-corrected chi connectivity index (χ0v) is 22.1.